The lowest BCUT2D eigenvalue weighted by Gasteiger charge is -2.35. The van der Waals surface area contributed by atoms with Crippen molar-refractivity contribution in [1.82, 2.24) is 10.2 Å². The van der Waals surface area contributed by atoms with E-state index < -0.39 is 28.5 Å². The highest BCUT2D eigenvalue weighted by molar-refractivity contribution is 7.92. The summed E-state index contributed by atoms with van der Waals surface area (Å²) in [6.45, 7) is 1.60. The second kappa shape index (κ2) is 14.4. The average molecular weight is 631 g/mol. The Labute approximate surface area is 258 Å². The van der Waals surface area contributed by atoms with Crippen molar-refractivity contribution >= 4 is 50.7 Å². The zero-order valence-electron chi connectivity index (χ0n) is 23.9. The van der Waals surface area contributed by atoms with Crippen molar-refractivity contribution < 1.29 is 18.0 Å². The first kappa shape index (κ1) is 31.9. The first-order valence-electron chi connectivity index (χ1n) is 14.1. The fraction of sp³-hybridized carbons (Fsp3) is 0.375. The van der Waals surface area contributed by atoms with Crippen molar-refractivity contribution in [2.45, 2.75) is 64.1 Å². The van der Waals surface area contributed by atoms with Gasteiger partial charge < -0.3 is 10.2 Å². The predicted octanol–water partition coefficient (Wildman–Crippen LogP) is 6.16. The smallest absolute Gasteiger partial charge is 0.244 e. The zero-order chi connectivity index (χ0) is 30.3. The number of rotatable bonds is 11. The number of hydrogen-bond donors (Lipinski definition) is 1. The van der Waals surface area contributed by atoms with Crippen LogP contribution < -0.4 is 9.62 Å². The highest BCUT2D eigenvalue weighted by Gasteiger charge is 2.34. The summed E-state index contributed by atoms with van der Waals surface area (Å²) in [4.78, 5) is 29.7. The van der Waals surface area contributed by atoms with Gasteiger partial charge in [-0.2, -0.15) is 0 Å². The second-order valence-corrected chi connectivity index (χ2v) is 13.6. The fourth-order valence-electron chi connectivity index (χ4n) is 5.24. The Morgan fingerprint density at radius 1 is 0.905 bits per heavy atom. The number of halogens is 2. The number of sulfonamides is 1. The minimum absolute atomic E-state index is 0.0459. The molecule has 224 valence electrons. The van der Waals surface area contributed by atoms with Crippen molar-refractivity contribution in [2.75, 3.05) is 17.1 Å². The molecule has 1 saturated carbocycles. The minimum atomic E-state index is -3.90. The van der Waals surface area contributed by atoms with Crippen LogP contribution in [0.1, 0.15) is 48.8 Å². The number of amides is 2. The second-order valence-electron chi connectivity index (χ2n) is 10.9. The summed E-state index contributed by atoms with van der Waals surface area (Å²) >= 11 is 12.3. The van der Waals surface area contributed by atoms with Crippen LogP contribution in [0.15, 0.2) is 72.8 Å². The maximum Gasteiger partial charge on any atom is 0.244 e. The molecular weight excluding hydrogens is 593 g/mol. The van der Waals surface area contributed by atoms with E-state index in [9.17, 15) is 18.0 Å². The summed E-state index contributed by atoms with van der Waals surface area (Å²) in [7, 11) is -3.90. The number of benzene rings is 3. The summed E-state index contributed by atoms with van der Waals surface area (Å²) in [5.74, 6) is -0.751. The Hall–Kier alpha value is -3.07. The highest BCUT2D eigenvalue weighted by Crippen LogP contribution is 2.29. The van der Waals surface area contributed by atoms with Crippen LogP contribution in [0.3, 0.4) is 0 Å². The molecule has 0 heterocycles. The summed E-state index contributed by atoms with van der Waals surface area (Å²) in [5, 5.41) is 3.64. The van der Waals surface area contributed by atoms with Gasteiger partial charge in [0.25, 0.3) is 0 Å². The molecule has 7 nitrogen and oxygen atoms in total. The molecule has 42 heavy (non-hydrogen) atoms. The number of aryl methyl sites for hydroxylation is 1. The van der Waals surface area contributed by atoms with Crippen LogP contribution in [0, 0.1) is 6.92 Å². The van der Waals surface area contributed by atoms with Gasteiger partial charge in [0.05, 0.1) is 22.0 Å². The Morgan fingerprint density at radius 2 is 1.57 bits per heavy atom. The highest BCUT2D eigenvalue weighted by atomic mass is 35.5. The number of nitrogens with zero attached hydrogens (tertiary/aromatic N) is 2. The third-order valence-electron chi connectivity index (χ3n) is 7.57. The summed E-state index contributed by atoms with van der Waals surface area (Å²) in [5.41, 5.74) is 3.00. The Balaban J connectivity index is 1.72. The molecule has 4 rings (SSSR count). The van der Waals surface area contributed by atoms with Gasteiger partial charge >= 0.3 is 0 Å². The molecule has 2 amide bonds. The van der Waals surface area contributed by atoms with Gasteiger partial charge in [-0.3, -0.25) is 13.9 Å². The first-order chi connectivity index (χ1) is 20.0. The molecule has 1 unspecified atom stereocenters. The van der Waals surface area contributed by atoms with Crippen LogP contribution in [-0.2, 0) is 32.6 Å². The fourth-order valence-corrected chi connectivity index (χ4v) is 6.38. The van der Waals surface area contributed by atoms with E-state index in [0.717, 1.165) is 59.4 Å². The molecular formula is C32H37Cl2N3O4S. The van der Waals surface area contributed by atoms with Crippen LogP contribution in [0.4, 0.5) is 5.69 Å². The Bertz CT molecular complexity index is 1480. The molecule has 0 aliphatic heterocycles. The lowest BCUT2D eigenvalue weighted by atomic mass is 9.94. The van der Waals surface area contributed by atoms with Crippen LogP contribution in [0.25, 0.3) is 0 Å². The van der Waals surface area contributed by atoms with Crippen molar-refractivity contribution in [2.24, 2.45) is 0 Å². The normalized spacial score (nSPS) is 14.7. The van der Waals surface area contributed by atoms with Crippen LogP contribution in [-0.4, -0.2) is 50.0 Å². The SMILES string of the molecule is Cc1ccc(CN(C(=O)CN(c2ccc(Cl)c(Cl)c2)S(C)(=O)=O)C(Cc2ccccc2)C(=O)NC2CCCCC2)cc1. The molecule has 1 N–H and O–H groups in total. The molecule has 3 aromatic rings. The first-order valence-corrected chi connectivity index (χ1v) is 16.7. The molecule has 0 bridgehead atoms. The molecule has 0 spiro atoms. The maximum absolute atomic E-state index is 14.2. The van der Waals surface area contributed by atoms with Crippen molar-refractivity contribution in [3.63, 3.8) is 0 Å². The third kappa shape index (κ3) is 8.72. The van der Waals surface area contributed by atoms with E-state index in [4.69, 9.17) is 23.2 Å². The number of hydrogen-bond acceptors (Lipinski definition) is 4. The van der Waals surface area contributed by atoms with Crippen molar-refractivity contribution in [3.05, 3.63) is 99.5 Å². The van der Waals surface area contributed by atoms with E-state index in [1.807, 2.05) is 61.5 Å². The molecule has 3 aromatic carbocycles. The summed E-state index contributed by atoms with van der Waals surface area (Å²) in [6, 6.07) is 20.9. The van der Waals surface area contributed by atoms with E-state index in [0.29, 0.717) is 0 Å². The van der Waals surface area contributed by atoms with Crippen molar-refractivity contribution in [3.8, 4) is 0 Å². The van der Waals surface area contributed by atoms with Gasteiger partial charge in [-0.25, -0.2) is 8.42 Å². The molecule has 0 radical (unpaired) electrons. The van der Waals surface area contributed by atoms with E-state index in [2.05, 4.69) is 5.32 Å². The number of carbonyl (C=O) groups is 2. The molecule has 1 atom stereocenters. The summed E-state index contributed by atoms with van der Waals surface area (Å²) in [6.07, 6.45) is 6.35. The van der Waals surface area contributed by atoms with Gasteiger partial charge in [-0.15, -0.1) is 0 Å². The van der Waals surface area contributed by atoms with Gasteiger partial charge in [0.1, 0.15) is 12.6 Å². The molecule has 10 heteroatoms. The topological polar surface area (TPSA) is 86.8 Å². The van der Waals surface area contributed by atoms with Gasteiger partial charge in [-0.1, -0.05) is 103 Å². The van der Waals surface area contributed by atoms with E-state index in [1.54, 1.807) is 0 Å². The van der Waals surface area contributed by atoms with Crippen LogP contribution in [0.2, 0.25) is 10.0 Å². The lowest BCUT2D eigenvalue weighted by molar-refractivity contribution is -0.140. The largest absolute Gasteiger partial charge is 0.352 e. The maximum atomic E-state index is 14.2. The van der Waals surface area contributed by atoms with Gasteiger partial charge in [0, 0.05) is 19.0 Å². The van der Waals surface area contributed by atoms with Crippen LogP contribution in [0.5, 0.6) is 0 Å². The lowest BCUT2D eigenvalue weighted by Crippen LogP contribution is -2.55. The van der Waals surface area contributed by atoms with E-state index >= 15 is 0 Å². The van der Waals surface area contributed by atoms with E-state index in [1.165, 1.54) is 23.1 Å². The number of nitrogens with one attached hydrogen (secondary N) is 1. The number of anilines is 1. The van der Waals surface area contributed by atoms with Gasteiger partial charge in [0.2, 0.25) is 21.8 Å². The molecule has 1 aliphatic carbocycles. The quantitative estimate of drug-likeness (QED) is 0.275. The minimum Gasteiger partial charge on any atom is -0.352 e. The molecule has 0 saturated heterocycles. The predicted molar refractivity (Wildman–Crippen MR) is 169 cm³/mol. The Kier molecular flexibility index (Phi) is 10.9. The Morgan fingerprint density at radius 3 is 2.19 bits per heavy atom. The van der Waals surface area contributed by atoms with Crippen molar-refractivity contribution in [1.29, 1.82) is 0 Å². The average Bonchev–Trinajstić information content (AvgIpc) is 2.96. The zero-order valence-corrected chi connectivity index (χ0v) is 26.3. The van der Waals surface area contributed by atoms with E-state index in [-0.39, 0.29) is 40.6 Å². The molecule has 0 aromatic heterocycles. The van der Waals surface area contributed by atoms with Gasteiger partial charge in [0.15, 0.2) is 0 Å². The van der Waals surface area contributed by atoms with Crippen LogP contribution >= 0.6 is 23.2 Å². The number of carbonyl (C=O) groups excluding carboxylic acids is 2. The third-order valence-corrected chi connectivity index (χ3v) is 9.45. The molecule has 1 fully saturated rings. The summed E-state index contributed by atoms with van der Waals surface area (Å²) < 4.78 is 26.9. The standard InChI is InChI=1S/C32H37Cl2N3O4S/c1-23-13-15-25(16-14-23)21-36(31(38)22-37(42(2,40)41)27-17-18-28(33)29(34)20-27)30(19-24-9-5-3-6-10-24)32(39)35-26-11-7-4-8-12-26/h3,5-6,9-10,13-18,20,26,30H,4,7-8,11-12,19,21-22H2,1-2H3,(H,35,39). The monoisotopic (exact) mass is 629 g/mol. The van der Waals surface area contributed by atoms with Gasteiger partial charge in [-0.05, 0) is 49.1 Å². The molecule has 1 aliphatic rings.